The minimum absolute atomic E-state index is 0. The minimum Gasteiger partial charge on any atom is -0.493 e. The van der Waals surface area contributed by atoms with E-state index in [0.717, 1.165) is 31.1 Å². The largest absolute Gasteiger partial charge is 0.493 e. The van der Waals surface area contributed by atoms with Crippen molar-refractivity contribution in [3.63, 3.8) is 0 Å². The molecule has 140 valence electrons. The molecule has 1 fully saturated rings. The number of rotatable bonds is 6. The molecule has 26 heavy (non-hydrogen) atoms. The number of hydrogen-bond donors (Lipinski definition) is 2. The second-order valence-corrected chi connectivity index (χ2v) is 7.08. The molecule has 1 saturated heterocycles. The van der Waals surface area contributed by atoms with Gasteiger partial charge in [0.2, 0.25) is 0 Å². The molecule has 1 aliphatic rings. The number of carbonyl (C=O) groups excluding carboxylic acids is 1. The topological polar surface area (TPSA) is 80.5 Å². The first-order chi connectivity index (χ1) is 12.5. The molecular weight excluding hydrogens is 328 g/mol. The van der Waals surface area contributed by atoms with Crippen LogP contribution in [-0.2, 0) is 0 Å². The van der Waals surface area contributed by atoms with Gasteiger partial charge in [-0.25, -0.2) is 4.98 Å². The molecule has 3 N–H and O–H groups in total. The summed E-state index contributed by atoms with van der Waals surface area (Å²) in [6.45, 7) is 6.60. The smallest absolute Gasteiger partial charge is 0.255 e. The summed E-state index contributed by atoms with van der Waals surface area (Å²) in [7, 11) is 0. The molecular formula is C20H28N4O2. The van der Waals surface area contributed by atoms with Crippen LogP contribution in [0.25, 0.3) is 0 Å². The van der Waals surface area contributed by atoms with Crippen LogP contribution >= 0.6 is 0 Å². The second kappa shape index (κ2) is 8.19. The molecule has 2 heterocycles. The van der Waals surface area contributed by atoms with Crippen LogP contribution < -0.4 is 20.7 Å². The van der Waals surface area contributed by atoms with Gasteiger partial charge in [0.1, 0.15) is 11.6 Å². The van der Waals surface area contributed by atoms with Crippen molar-refractivity contribution in [1.29, 1.82) is 0 Å². The zero-order chi connectivity index (χ0) is 18.5. The fourth-order valence-electron chi connectivity index (χ4n) is 2.81. The number of amides is 1. The van der Waals surface area contributed by atoms with E-state index < -0.39 is 0 Å². The molecule has 0 spiro atoms. The third-order valence-corrected chi connectivity index (χ3v) is 4.25. The number of carbonyl (C=O) groups is 1. The quantitative estimate of drug-likeness (QED) is 0.831. The van der Waals surface area contributed by atoms with Crippen molar-refractivity contribution < 1.29 is 11.0 Å². The molecule has 0 aliphatic carbocycles. The van der Waals surface area contributed by atoms with Gasteiger partial charge in [-0.3, -0.25) is 4.79 Å². The molecule has 1 amide bonds. The number of hydrogen-bond acceptors (Lipinski definition) is 5. The molecule has 1 unspecified atom stereocenters. The Morgan fingerprint density at radius 2 is 2.12 bits per heavy atom. The SMILES string of the molecule is CC(C)COc1ccc(C(=O)Nc2ccc(N3CCC(N)C3)nc2)cc1.[HH]. The number of ether oxygens (including phenoxy) is 1. The van der Waals surface area contributed by atoms with E-state index in [1.54, 1.807) is 18.3 Å². The van der Waals surface area contributed by atoms with E-state index >= 15 is 0 Å². The van der Waals surface area contributed by atoms with Crippen molar-refractivity contribution in [3.8, 4) is 5.75 Å². The van der Waals surface area contributed by atoms with Crippen molar-refractivity contribution in [1.82, 2.24) is 4.98 Å². The summed E-state index contributed by atoms with van der Waals surface area (Å²) in [4.78, 5) is 19.0. The third-order valence-electron chi connectivity index (χ3n) is 4.25. The lowest BCUT2D eigenvalue weighted by Gasteiger charge is -2.17. The van der Waals surface area contributed by atoms with Crippen LogP contribution in [0.3, 0.4) is 0 Å². The summed E-state index contributed by atoms with van der Waals surface area (Å²) in [6.07, 6.45) is 2.66. The molecule has 6 nitrogen and oxygen atoms in total. The zero-order valence-electron chi connectivity index (χ0n) is 15.3. The Morgan fingerprint density at radius 3 is 2.69 bits per heavy atom. The molecule has 1 atom stereocenters. The predicted octanol–water partition coefficient (Wildman–Crippen LogP) is 3.15. The lowest BCUT2D eigenvalue weighted by atomic mass is 10.2. The fraction of sp³-hybridized carbons (Fsp3) is 0.400. The predicted molar refractivity (Wildman–Crippen MR) is 106 cm³/mol. The number of nitrogens with two attached hydrogens (primary N) is 1. The van der Waals surface area contributed by atoms with Gasteiger partial charge in [-0.2, -0.15) is 0 Å². The highest BCUT2D eigenvalue weighted by Gasteiger charge is 2.20. The van der Waals surface area contributed by atoms with Crippen LogP contribution in [0.4, 0.5) is 11.5 Å². The van der Waals surface area contributed by atoms with Crippen molar-refractivity contribution >= 4 is 17.4 Å². The maximum Gasteiger partial charge on any atom is 0.255 e. The highest BCUT2D eigenvalue weighted by atomic mass is 16.5. The van der Waals surface area contributed by atoms with Gasteiger partial charge in [0.05, 0.1) is 18.5 Å². The molecule has 1 aliphatic heterocycles. The number of nitrogens with zero attached hydrogens (tertiary/aromatic N) is 2. The number of benzene rings is 1. The summed E-state index contributed by atoms with van der Waals surface area (Å²) >= 11 is 0. The second-order valence-electron chi connectivity index (χ2n) is 7.08. The highest BCUT2D eigenvalue weighted by Crippen LogP contribution is 2.19. The van der Waals surface area contributed by atoms with E-state index in [0.29, 0.717) is 23.8 Å². The van der Waals surface area contributed by atoms with E-state index in [-0.39, 0.29) is 13.4 Å². The van der Waals surface area contributed by atoms with Crippen molar-refractivity contribution in [2.45, 2.75) is 26.3 Å². The molecule has 0 saturated carbocycles. The summed E-state index contributed by atoms with van der Waals surface area (Å²) < 4.78 is 5.63. The molecule has 1 aromatic carbocycles. The Labute approximate surface area is 155 Å². The van der Waals surface area contributed by atoms with Gasteiger partial charge in [0, 0.05) is 26.1 Å². The van der Waals surface area contributed by atoms with E-state index in [2.05, 4.69) is 29.0 Å². The maximum absolute atomic E-state index is 12.4. The Morgan fingerprint density at radius 1 is 1.35 bits per heavy atom. The van der Waals surface area contributed by atoms with Crippen molar-refractivity contribution in [2.75, 3.05) is 29.9 Å². The lowest BCUT2D eigenvalue weighted by molar-refractivity contribution is 0.102. The van der Waals surface area contributed by atoms with E-state index in [1.165, 1.54) is 0 Å². The monoisotopic (exact) mass is 356 g/mol. The first-order valence-corrected chi connectivity index (χ1v) is 9.02. The average molecular weight is 356 g/mol. The van der Waals surface area contributed by atoms with Crippen LogP contribution in [0.5, 0.6) is 5.75 Å². The lowest BCUT2D eigenvalue weighted by Crippen LogP contribution is -2.26. The third kappa shape index (κ3) is 4.73. The van der Waals surface area contributed by atoms with Gasteiger partial charge in [-0.15, -0.1) is 0 Å². The van der Waals surface area contributed by atoms with Crippen LogP contribution in [0, 0.1) is 5.92 Å². The summed E-state index contributed by atoms with van der Waals surface area (Å²) in [5.41, 5.74) is 7.18. The average Bonchev–Trinajstić information content (AvgIpc) is 3.07. The Kier molecular flexibility index (Phi) is 5.73. The zero-order valence-corrected chi connectivity index (χ0v) is 15.3. The minimum atomic E-state index is -0.168. The molecule has 1 aromatic heterocycles. The van der Waals surface area contributed by atoms with Gasteiger partial charge >= 0.3 is 0 Å². The summed E-state index contributed by atoms with van der Waals surface area (Å²) in [6, 6.07) is 11.1. The Balaban J connectivity index is 0.00000261. The van der Waals surface area contributed by atoms with Crippen LogP contribution in [0.15, 0.2) is 42.6 Å². The van der Waals surface area contributed by atoms with Crippen molar-refractivity contribution in [3.05, 3.63) is 48.2 Å². The summed E-state index contributed by atoms with van der Waals surface area (Å²) in [5, 5.41) is 2.87. The van der Waals surface area contributed by atoms with Gasteiger partial charge in [0.15, 0.2) is 0 Å². The first-order valence-electron chi connectivity index (χ1n) is 9.02. The molecule has 6 heteroatoms. The number of anilines is 2. The molecule has 3 rings (SSSR count). The number of aromatic nitrogens is 1. The normalized spacial score (nSPS) is 16.8. The number of pyridine rings is 1. The van der Waals surface area contributed by atoms with Crippen LogP contribution in [0.1, 0.15) is 32.1 Å². The van der Waals surface area contributed by atoms with E-state index in [1.807, 2.05) is 24.3 Å². The van der Waals surface area contributed by atoms with Crippen LogP contribution in [-0.4, -0.2) is 36.6 Å². The first kappa shape index (κ1) is 18.2. The van der Waals surface area contributed by atoms with E-state index in [4.69, 9.17) is 10.5 Å². The standard InChI is InChI=1S/C20H26N4O2.H2/c1-14(2)13-26-18-6-3-15(4-7-18)20(25)23-17-5-8-19(22-11-17)24-10-9-16(21)12-24;/h3-8,11,14,16H,9-10,12-13,21H2,1-2H3,(H,23,25);1H. The summed E-state index contributed by atoms with van der Waals surface area (Å²) in [5.74, 6) is 1.95. The number of nitrogens with one attached hydrogen (secondary N) is 1. The van der Waals surface area contributed by atoms with Gasteiger partial charge in [0.25, 0.3) is 5.91 Å². The maximum atomic E-state index is 12.4. The van der Waals surface area contributed by atoms with E-state index in [9.17, 15) is 4.79 Å². The Hall–Kier alpha value is -2.60. The molecule has 0 radical (unpaired) electrons. The highest BCUT2D eigenvalue weighted by molar-refractivity contribution is 6.04. The van der Waals surface area contributed by atoms with Crippen LogP contribution in [0.2, 0.25) is 0 Å². The van der Waals surface area contributed by atoms with Gasteiger partial charge < -0.3 is 20.7 Å². The Bertz CT molecular complexity index is 735. The van der Waals surface area contributed by atoms with Gasteiger partial charge in [-0.05, 0) is 48.7 Å². The molecule has 0 bridgehead atoms. The van der Waals surface area contributed by atoms with Gasteiger partial charge in [-0.1, -0.05) is 13.8 Å². The fourth-order valence-corrected chi connectivity index (χ4v) is 2.81. The van der Waals surface area contributed by atoms with Crippen molar-refractivity contribution in [2.24, 2.45) is 11.7 Å². The molecule has 2 aromatic rings.